The van der Waals surface area contributed by atoms with Gasteiger partial charge in [0, 0.05) is 21.1 Å². The summed E-state index contributed by atoms with van der Waals surface area (Å²) in [7, 11) is 1.85. The zero-order valence-electron chi connectivity index (χ0n) is 13.2. The molecule has 4 aromatic rings. The molecule has 25 heavy (non-hydrogen) atoms. The minimum Gasteiger partial charge on any atom is -0.346 e. The summed E-state index contributed by atoms with van der Waals surface area (Å²) in [4.78, 5) is 0. The second-order valence-electron chi connectivity index (χ2n) is 5.88. The third kappa shape index (κ3) is 2.78. The first-order chi connectivity index (χ1) is 12.0. The van der Waals surface area contributed by atoms with Gasteiger partial charge in [0.05, 0.1) is 23.6 Å². The second-order valence-corrected chi connectivity index (χ2v) is 7.39. The van der Waals surface area contributed by atoms with Crippen molar-refractivity contribution in [3.05, 3.63) is 74.4 Å². The summed E-state index contributed by atoms with van der Waals surface area (Å²) in [6.45, 7) is 0.593. The molecule has 0 aliphatic heterocycles. The van der Waals surface area contributed by atoms with E-state index in [1.807, 2.05) is 23.7 Å². The van der Waals surface area contributed by atoms with Crippen LogP contribution in [0.3, 0.4) is 0 Å². The van der Waals surface area contributed by atoms with Crippen LogP contribution >= 0.6 is 46.4 Å². The molecule has 2 nitrogen and oxygen atoms in total. The lowest BCUT2D eigenvalue weighted by molar-refractivity contribution is -0.667. The van der Waals surface area contributed by atoms with Gasteiger partial charge in [-0.15, -0.1) is 0 Å². The first kappa shape index (κ1) is 17.0. The monoisotopic (exact) mass is 408 g/mol. The van der Waals surface area contributed by atoms with Crippen LogP contribution < -0.4 is 4.57 Å². The molecule has 4 rings (SSSR count). The molecule has 0 bridgehead atoms. The van der Waals surface area contributed by atoms with Crippen molar-refractivity contribution in [1.29, 1.82) is 0 Å². The van der Waals surface area contributed by atoms with Gasteiger partial charge in [0.1, 0.15) is 0 Å². The number of imidazole rings is 1. The highest BCUT2D eigenvalue weighted by molar-refractivity contribution is 6.54. The van der Waals surface area contributed by atoms with Crippen molar-refractivity contribution >= 4 is 68.2 Å². The molecule has 0 amide bonds. The van der Waals surface area contributed by atoms with E-state index in [4.69, 9.17) is 46.4 Å². The number of benzene rings is 3. The lowest BCUT2D eigenvalue weighted by Crippen LogP contribution is -2.33. The van der Waals surface area contributed by atoms with Gasteiger partial charge < -0.3 is 9.13 Å². The Bertz CT molecular complexity index is 1130. The number of hydrogen-bond donors (Lipinski definition) is 0. The Kier molecular flexibility index (Phi) is 4.33. The largest absolute Gasteiger partial charge is 0.346 e. The van der Waals surface area contributed by atoms with Crippen molar-refractivity contribution in [3.8, 4) is 0 Å². The number of nitrogens with zero attached hydrogens (tertiary/aromatic N) is 2. The molecule has 0 saturated carbocycles. The second kappa shape index (κ2) is 6.37. The van der Waals surface area contributed by atoms with Crippen molar-refractivity contribution in [1.82, 2.24) is 4.57 Å². The van der Waals surface area contributed by atoms with Gasteiger partial charge in [-0.25, -0.2) is 0 Å². The quantitative estimate of drug-likeness (QED) is 0.164. The number of rotatable bonds is 2. The predicted octanol–water partition coefficient (Wildman–Crippen LogP) is 6.08. The third-order valence-corrected chi connectivity index (χ3v) is 6.03. The van der Waals surface area contributed by atoms with Crippen LogP contribution in [0.2, 0.25) is 20.1 Å². The summed E-state index contributed by atoms with van der Waals surface area (Å²) in [5.41, 5.74) is 2.56. The SMILES string of the molecule is Cn1[c-][n+](Cc2ccc3ccccc3c2)c2c(Cl)c(Cl)c(Cl)c(Cl)c21. The van der Waals surface area contributed by atoms with Crippen LogP contribution in [0, 0.1) is 6.33 Å². The number of halogens is 4. The van der Waals surface area contributed by atoms with Crippen LogP contribution in [0.15, 0.2) is 42.5 Å². The van der Waals surface area contributed by atoms with Gasteiger partial charge in [-0.3, -0.25) is 0 Å². The zero-order valence-corrected chi connectivity index (χ0v) is 16.2. The maximum Gasteiger partial charge on any atom is 0.205 e. The predicted molar refractivity (Wildman–Crippen MR) is 105 cm³/mol. The summed E-state index contributed by atoms with van der Waals surface area (Å²) < 4.78 is 3.70. The molecule has 0 spiro atoms. The van der Waals surface area contributed by atoms with Crippen LogP contribution in [0.1, 0.15) is 5.56 Å². The maximum absolute atomic E-state index is 6.45. The molecule has 0 fully saturated rings. The van der Waals surface area contributed by atoms with E-state index in [0.29, 0.717) is 22.1 Å². The minimum atomic E-state index is 0.257. The standard InChI is InChI=1S/C19H12Cl4N2/c1-24-10-25(19-17(23)15(21)14(20)16(22)18(19)24)9-11-6-7-12-4-2-3-5-13(12)8-11/h2-8H,9H2,1H3. The highest BCUT2D eigenvalue weighted by Crippen LogP contribution is 2.41. The Balaban J connectivity index is 1.89. The van der Waals surface area contributed by atoms with Crippen molar-refractivity contribution in [2.45, 2.75) is 6.54 Å². The number of fused-ring (bicyclic) bond motifs is 2. The molecule has 0 radical (unpaired) electrons. The van der Waals surface area contributed by atoms with Crippen LogP contribution in [-0.2, 0) is 13.6 Å². The Morgan fingerprint density at radius 2 is 1.56 bits per heavy atom. The average Bonchev–Trinajstić information content (AvgIpc) is 2.94. The number of aryl methyl sites for hydroxylation is 1. The Labute approximate surface area is 165 Å². The van der Waals surface area contributed by atoms with Gasteiger partial charge in [0.2, 0.25) is 6.33 Å². The molecule has 1 aromatic heterocycles. The summed E-state index contributed by atoms with van der Waals surface area (Å²) >= 11 is 25.3. The van der Waals surface area contributed by atoms with Crippen LogP contribution in [0.4, 0.5) is 0 Å². The van der Waals surface area contributed by atoms with E-state index in [1.54, 1.807) is 4.57 Å². The number of aromatic nitrogens is 2. The molecular weight excluding hydrogens is 398 g/mol. The fourth-order valence-corrected chi connectivity index (χ4v) is 4.14. The molecule has 0 aliphatic carbocycles. The lowest BCUT2D eigenvalue weighted by atomic mass is 10.1. The zero-order chi connectivity index (χ0) is 17.7. The summed E-state index contributed by atoms with van der Waals surface area (Å²) in [6.07, 6.45) is 3.23. The molecule has 3 aromatic carbocycles. The maximum atomic E-state index is 6.45. The van der Waals surface area contributed by atoms with Crippen LogP contribution in [-0.4, -0.2) is 4.57 Å². The average molecular weight is 410 g/mol. The highest BCUT2D eigenvalue weighted by atomic mass is 35.5. The van der Waals surface area contributed by atoms with Crippen LogP contribution in [0.25, 0.3) is 21.8 Å². The van der Waals surface area contributed by atoms with Crippen LogP contribution in [0.5, 0.6) is 0 Å². The Morgan fingerprint density at radius 1 is 0.880 bits per heavy atom. The highest BCUT2D eigenvalue weighted by Gasteiger charge is 2.18. The summed E-state index contributed by atoms with van der Waals surface area (Å²) in [6, 6.07) is 14.6. The smallest absolute Gasteiger partial charge is 0.205 e. The molecule has 0 aliphatic rings. The van der Waals surface area contributed by atoms with E-state index in [-0.39, 0.29) is 10.0 Å². The normalized spacial score (nSPS) is 11.6. The fourth-order valence-electron chi connectivity index (χ4n) is 3.08. The lowest BCUT2D eigenvalue weighted by Gasteiger charge is -2.11. The topological polar surface area (TPSA) is 8.81 Å². The van der Waals surface area contributed by atoms with Crippen molar-refractivity contribution in [2.75, 3.05) is 0 Å². The molecule has 1 heterocycles. The van der Waals surface area contributed by atoms with E-state index in [9.17, 15) is 0 Å². The van der Waals surface area contributed by atoms with Gasteiger partial charge >= 0.3 is 0 Å². The summed E-state index contributed by atoms with van der Waals surface area (Å²) in [5.74, 6) is 0. The molecule has 6 heteroatoms. The molecule has 0 saturated heterocycles. The van der Waals surface area contributed by atoms with Crippen molar-refractivity contribution < 1.29 is 4.57 Å². The molecule has 126 valence electrons. The first-order valence-corrected chi connectivity index (χ1v) is 9.09. The molecule has 0 unspecified atom stereocenters. The van der Waals surface area contributed by atoms with Gasteiger partial charge in [-0.1, -0.05) is 82.8 Å². The molecule has 0 N–H and O–H groups in total. The summed E-state index contributed by atoms with van der Waals surface area (Å²) in [5, 5.41) is 3.66. The molecule has 0 atom stereocenters. The van der Waals surface area contributed by atoms with Crippen molar-refractivity contribution in [2.24, 2.45) is 7.05 Å². The minimum absolute atomic E-state index is 0.257. The van der Waals surface area contributed by atoms with E-state index >= 15 is 0 Å². The van der Waals surface area contributed by atoms with E-state index in [0.717, 1.165) is 11.1 Å². The van der Waals surface area contributed by atoms with Crippen molar-refractivity contribution in [3.63, 3.8) is 0 Å². The Morgan fingerprint density at radius 3 is 2.32 bits per heavy atom. The third-order valence-electron chi connectivity index (χ3n) is 4.25. The Hall–Kier alpha value is -1.45. The van der Waals surface area contributed by atoms with Gasteiger partial charge in [0.15, 0.2) is 0 Å². The van der Waals surface area contributed by atoms with Gasteiger partial charge in [0.25, 0.3) is 0 Å². The van der Waals surface area contributed by atoms with E-state index in [2.05, 4.69) is 36.7 Å². The fraction of sp³-hybridized carbons (Fsp3) is 0.105. The first-order valence-electron chi connectivity index (χ1n) is 7.58. The molecular formula is C19H12Cl4N2. The van der Waals surface area contributed by atoms with E-state index in [1.165, 1.54) is 10.8 Å². The number of hydrogen-bond acceptors (Lipinski definition) is 0. The van der Waals surface area contributed by atoms with E-state index < -0.39 is 0 Å². The van der Waals surface area contributed by atoms with Gasteiger partial charge in [-0.2, -0.15) is 0 Å². The van der Waals surface area contributed by atoms with Gasteiger partial charge in [-0.05, 0) is 22.4 Å².